The minimum Gasteiger partial charge on any atom is -0.481 e. The number of carboxylic acid groups (broad SMARTS) is 1. The number of para-hydroxylation sites is 2. The van der Waals surface area contributed by atoms with E-state index in [1.54, 1.807) is 17.0 Å². The first kappa shape index (κ1) is 12.5. The molecule has 7 heteroatoms. The molecule has 0 bridgehead atoms. The molecule has 1 unspecified atom stereocenters. The van der Waals surface area contributed by atoms with Crippen LogP contribution in [0, 0.1) is 0 Å². The van der Waals surface area contributed by atoms with Gasteiger partial charge in [0.15, 0.2) is 5.58 Å². The van der Waals surface area contributed by atoms with Gasteiger partial charge in [-0.05, 0) is 12.1 Å². The van der Waals surface area contributed by atoms with E-state index in [4.69, 9.17) is 9.52 Å². The summed E-state index contributed by atoms with van der Waals surface area (Å²) in [6.45, 7) is 0.907. The van der Waals surface area contributed by atoms with E-state index >= 15 is 0 Å². The lowest BCUT2D eigenvalue weighted by atomic mass is 10.1. The number of amides is 1. The van der Waals surface area contributed by atoms with Crippen LogP contribution in [0.1, 0.15) is 6.42 Å². The first-order valence-electron chi connectivity index (χ1n) is 6.27. The Balaban J connectivity index is 1.96. The van der Waals surface area contributed by atoms with Crippen LogP contribution in [0.2, 0.25) is 0 Å². The van der Waals surface area contributed by atoms with Crippen molar-refractivity contribution in [3.05, 3.63) is 24.3 Å². The van der Waals surface area contributed by atoms with Gasteiger partial charge in [-0.2, -0.15) is 4.98 Å². The molecule has 7 nitrogen and oxygen atoms in total. The lowest BCUT2D eigenvalue weighted by molar-refractivity contribution is -0.139. The van der Waals surface area contributed by atoms with Crippen molar-refractivity contribution in [2.75, 3.05) is 18.0 Å². The van der Waals surface area contributed by atoms with Crippen LogP contribution in [0.25, 0.3) is 11.1 Å². The summed E-state index contributed by atoms with van der Waals surface area (Å²) >= 11 is 0. The van der Waals surface area contributed by atoms with E-state index < -0.39 is 12.0 Å². The van der Waals surface area contributed by atoms with Gasteiger partial charge in [0.25, 0.3) is 6.01 Å². The number of rotatable bonds is 3. The molecule has 2 heterocycles. The van der Waals surface area contributed by atoms with Gasteiger partial charge in [-0.25, -0.2) is 0 Å². The Morgan fingerprint density at radius 2 is 2.30 bits per heavy atom. The molecule has 104 valence electrons. The molecule has 1 aromatic carbocycles. The average Bonchev–Trinajstić information content (AvgIpc) is 2.84. The van der Waals surface area contributed by atoms with E-state index in [1.807, 2.05) is 12.1 Å². The number of hydrogen-bond donors (Lipinski definition) is 2. The second-order valence-corrected chi connectivity index (χ2v) is 4.56. The van der Waals surface area contributed by atoms with Crippen LogP contribution in [0.3, 0.4) is 0 Å². The normalized spacial score (nSPS) is 19.1. The summed E-state index contributed by atoms with van der Waals surface area (Å²) in [5.41, 5.74) is 1.30. The number of carbonyl (C=O) groups is 2. The van der Waals surface area contributed by atoms with Crippen LogP contribution in [-0.4, -0.2) is 41.1 Å². The Morgan fingerprint density at radius 3 is 3.05 bits per heavy atom. The predicted molar refractivity (Wildman–Crippen MR) is 70.4 cm³/mol. The van der Waals surface area contributed by atoms with Gasteiger partial charge < -0.3 is 19.7 Å². The van der Waals surface area contributed by atoms with Crippen LogP contribution >= 0.6 is 0 Å². The van der Waals surface area contributed by atoms with Gasteiger partial charge in [0.05, 0.1) is 6.42 Å². The van der Waals surface area contributed by atoms with E-state index in [9.17, 15) is 9.59 Å². The maximum absolute atomic E-state index is 11.8. The first-order valence-corrected chi connectivity index (χ1v) is 6.27. The van der Waals surface area contributed by atoms with Crippen LogP contribution in [-0.2, 0) is 9.59 Å². The van der Waals surface area contributed by atoms with E-state index in [0.717, 1.165) is 0 Å². The van der Waals surface area contributed by atoms with Crippen molar-refractivity contribution in [2.24, 2.45) is 0 Å². The third-order valence-electron chi connectivity index (χ3n) is 3.23. The molecule has 1 fully saturated rings. The minimum atomic E-state index is -1.03. The van der Waals surface area contributed by atoms with Gasteiger partial charge in [-0.1, -0.05) is 12.1 Å². The zero-order valence-corrected chi connectivity index (χ0v) is 10.6. The monoisotopic (exact) mass is 275 g/mol. The first-order chi connectivity index (χ1) is 9.65. The van der Waals surface area contributed by atoms with Gasteiger partial charge in [-0.3, -0.25) is 9.59 Å². The maximum atomic E-state index is 11.8. The molecule has 20 heavy (non-hydrogen) atoms. The summed E-state index contributed by atoms with van der Waals surface area (Å²) in [5, 5.41) is 11.6. The SMILES string of the molecule is O=C(O)CC1C(=O)NCCN1c1nc2ccccc2o1. The predicted octanol–water partition coefficient (Wildman–Crippen LogP) is 0.607. The van der Waals surface area contributed by atoms with Crippen molar-refractivity contribution in [2.45, 2.75) is 12.5 Å². The van der Waals surface area contributed by atoms with Gasteiger partial charge in [0.1, 0.15) is 11.6 Å². The van der Waals surface area contributed by atoms with Crippen molar-refractivity contribution in [3.8, 4) is 0 Å². The molecule has 1 aliphatic rings. The summed E-state index contributed by atoms with van der Waals surface area (Å²) in [5.74, 6) is -1.35. The van der Waals surface area contributed by atoms with Crippen LogP contribution in [0.4, 0.5) is 6.01 Å². The number of nitrogens with zero attached hydrogens (tertiary/aromatic N) is 2. The quantitative estimate of drug-likeness (QED) is 0.852. The highest BCUT2D eigenvalue weighted by atomic mass is 16.4. The van der Waals surface area contributed by atoms with E-state index in [2.05, 4.69) is 10.3 Å². The third kappa shape index (κ3) is 2.18. The zero-order chi connectivity index (χ0) is 14.1. The zero-order valence-electron chi connectivity index (χ0n) is 10.6. The van der Waals surface area contributed by atoms with Crippen LogP contribution < -0.4 is 10.2 Å². The molecule has 1 atom stereocenters. The molecule has 2 N–H and O–H groups in total. The molecule has 0 saturated carbocycles. The summed E-state index contributed by atoms with van der Waals surface area (Å²) in [6, 6.07) is 6.74. The molecule has 1 aliphatic heterocycles. The Hall–Kier alpha value is -2.57. The van der Waals surface area contributed by atoms with Gasteiger partial charge in [0.2, 0.25) is 5.91 Å². The average molecular weight is 275 g/mol. The minimum absolute atomic E-state index is 0.285. The fourth-order valence-corrected chi connectivity index (χ4v) is 2.29. The second-order valence-electron chi connectivity index (χ2n) is 4.56. The van der Waals surface area contributed by atoms with Crippen LogP contribution in [0.15, 0.2) is 28.7 Å². The summed E-state index contributed by atoms with van der Waals surface area (Å²) in [7, 11) is 0. The number of fused-ring (bicyclic) bond motifs is 1. The van der Waals surface area contributed by atoms with E-state index in [0.29, 0.717) is 24.2 Å². The Morgan fingerprint density at radius 1 is 1.50 bits per heavy atom. The highest BCUT2D eigenvalue weighted by Crippen LogP contribution is 2.24. The lowest BCUT2D eigenvalue weighted by Gasteiger charge is -2.32. The number of hydrogen-bond acceptors (Lipinski definition) is 5. The molecule has 0 radical (unpaired) electrons. The topological polar surface area (TPSA) is 95.7 Å². The molecular formula is C13H13N3O4. The van der Waals surface area contributed by atoms with Crippen molar-refractivity contribution >= 4 is 29.0 Å². The highest BCUT2D eigenvalue weighted by molar-refractivity contribution is 5.90. The number of anilines is 1. The summed E-state index contributed by atoms with van der Waals surface area (Å²) in [4.78, 5) is 28.7. The number of aromatic nitrogens is 1. The molecule has 1 saturated heterocycles. The number of aliphatic carboxylic acids is 1. The number of carbonyl (C=O) groups excluding carboxylic acids is 1. The third-order valence-corrected chi connectivity index (χ3v) is 3.23. The van der Waals surface area contributed by atoms with E-state index in [-0.39, 0.29) is 18.3 Å². The van der Waals surface area contributed by atoms with Gasteiger partial charge in [-0.15, -0.1) is 0 Å². The van der Waals surface area contributed by atoms with Crippen molar-refractivity contribution < 1.29 is 19.1 Å². The Kier molecular flexibility index (Phi) is 3.02. The molecule has 1 amide bonds. The fourth-order valence-electron chi connectivity index (χ4n) is 2.29. The molecule has 1 aromatic heterocycles. The number of piperazine rings is 1. The fraction of sp³-hybridized carbons (Fsp3) is 0.308. The number of benzene rings is 1. The van der Waals surface area contributed by atoms with Gasteiger partial charge >= 0.3 is 5.97 Å². The summed E-state index contributed by atoms with van der Waals surface area (Å²) in [6.07, 6.45) is -0.287. The van der Waals surface area contributed by atoms with Crippen molar-refractivity contribution in [1.29, 1.82) is 0 Å². The molecule has 0 spiro atoms. The van der Waals surface area contributed by atoms with Crippen molar-refractivity contribution in [1.82, 2.24) is 10.3 Å². The lowest BCUT2D eigenvalue weighted by Crippen LogP contribution is -2.56. The number of nitrogens with one attached hydrogen (secondary N) is 1. The molecule has 2 aromatic rings. The van der Waals surface area contributed by atoms with Crippen molar-refractivity contribution in [3.63, 3.8) is 0 Å². The van der Waals surface area contributed by atoms with Gasteiger partial charge in [0, 0.05) is 13.1 Å². The smallest absolute Gasteiger partial charge is 0.305 e. The maximum Gasteiger partial charge on any atom is 0.305 e. The molecule has 0 aliphatic carbocycles. The molecular weight excluding hydrogens is 262 g/mol. The van der Waals surface area contributed by atoms with E-state index in [1.165, 1.54) is 0 Å². The molecule has 3 rings (SSSR count). The second kappa shape index (κ2) is 4.84. The summed E-state index contributed by atoms with van der Waals surface area (Å²) < 4.78 is 5.61. The number of oxazole rings is 1. The Bertz CT molecular complexity index is 633. The Labute approximate surface area is 114 Å². The number of carboxylic acids is 1. The van der Waals surface area contributed by atoms with Crippen LogP contribution in [0.5, 0.6) is 0 Å². The standard InChI is InChI=1S/C13H13N3O4/c17-11(18)7-9-12(19)14-5-6-16(9)13-15-8-3-1-2-4-10(8)20-13/h1-4,9H,5-7H2,(H,14,19)(H,17,18). The highest BCUT2D eigenvalue weighted by Gasteiger charge is 2.34. The largest absolute Gasteiger partial charge is 0.481 e.